The number of piperidine rings is 1. The molecule has 4 heteroatoms. The average Bonchev–Trinajstić information content (AvgIpc) is 2.38. The zero-order valence-electron chi connectivity index (χ0n) is 11.0. The molecule has 2 unspecified atom stereocenters. The maximum atomic E-state index is 11.1. The Bertz CT molecular complexity index is 434. The molecule has 0 amide bonds. The van der Waals surface area contributed by atoms with Crippen LogP contribution in [-0.4, -0.2) is 34.0 Å². The molecule has 18 heavy (non-hydrogen) atoms. The summed E-state index contributed by atoms with van der Waals surface area (Å²) in [4.78, 5) is 17.5. The lowest BCUT2D eigenvalue weighted by Crippen LogP contribution is -2.40. The normalized spacial score (nSPS) is 22.7. The summed E-state index contributed by atoms with van der Waals surface area (Å²) < 4.78 is 0. The van der Waals surface area contributed by atoms with Gasteiger partial charge in [-0.1, -0.05) is 0 Å². The van der Waals surface area contributed by atoms with E-state index < -0.39 is 5.97 Å². The first-order valence-electron chi connectivity index (χ1n) is 6.47. The molecular formula is C14H20N2O2. The minimum atomic E-state index is -0.668. The molecule has 1 N–H and O–H groups in total. The topological polar surface area (TPSA) is 53.4 Å². The van der Waals surface area contributed by atoms with Gasteiger partial charge >= 0.3 is 5.97 Å². The van der Waals surface area contributed by atoms with Gasteiger partial charge in [0.05, 0.1) is 5.92 Å². The summed E-state index contributed by atoms with van der Waals surface area (Å²) in [6, 6.07) is 2.29. The molecule has 1 aliphatic rings. The van der Waals surface area contributed by atoms with Gasteiger partial charge in [0.1, 0.15) is 0 Å². The van der Waals surface area contributed by atoms with E-state index in [4.69, 9.17) is 5.11 Å². The van der Waals surface area contributed by atoms with Gasteiger partial charge in [-0.25, -0.2) is 0 Å². The number of pyridine rings is 1. The van der Waals surface area contributed by atoms with E-state index in [0.29, 0.717) is 6.54 Å². The maximum absolute atomic E-state index is 11.1. The first kappa shape index (κ1) is 13.0. The van der Waals surface area contributed by atoms with Crippen LogP contribution >= 0.6 is 0 Å². The molecule has 1 aromatic rings. The Morgan fingerprint density at radius 1 is 1.61 bits per heavy atom. The van der Waals surface area contributed by atoms with Gasteiger partial charge < -0.3 is 5.11 Å². The van der Waals surface area contributed by atoms with Crippen LogP contribution in [0.1, 0.15) is 36.9 Å². The van der Waals surface area contributed by atoms with E-state index in [-0.39, 0.29) is 12.0 Å². The minimum Gasteiger partial charge on any atom is -0.481 e. The van der Waals surface area contributed by atoms with Gasteiger partial charge in [-0.2, -0.15) is 0 Å². The van der Waals surface area contributed by atoms with Gasteiger partial charge in [0.15, 0.2) is 0 Å². The van der Waals surface area contributed by atoms with Crippen LogP contribution in [0, 0.1) is 12.8 Å². The third-order valence-corrected chi connectivity index (χ3v) is 3.86. The van der Waals surface area contributed by atoms with Crippen LogP contribution in [-0.2, 0) is 4.79 Å². The fourth-order valence-corrected chi connectivity index (χ4v) is 2.71. The van der Waals surface area contributed by atoms with Crippen LogP contribution in [0.3, 0.4) is 0 Å². The maximum Gasteiger partial charge on any atom is 0.307 e. The third kappa shape index (κ3) is 2.70. The second-order valence-corrected chi connectivity index (χ2v) is 5.08. The molecule has 0 aliphatic carbocycles. The van der Waals surface area contributed by atoms with E-state index >= 15 is 0 Å². The van der Waals surface area contributed by atoms with E-state index in [9.17, 15) is 4.79 Å². The van der Waals surface area contributed by atoms with Crippen molar-refractivity contribution in [3.05, 3.63) is 29.6 Å². The predicted molar refractivity (Wildman–Crippen MR) is 69.3 cm³/mol. The Kier molecular flexibility index (Phi) is 3.97. The van der Waals surface area contributed by atoms with Crippen molar-refractivity contribution in [2.75, 3.05) is 13.1 Å². The molecule has 1 aliphatic heterocycles. The molecule has 1 fully saturated rings. The second kappa shape index (κ2) is 5.48. The van der Waals surface area contributed by atoms with Gasteiger partial charge in [-0.15, -0.1) is 0 Å². The first-order valence-corrected chi connectivity index (χ1v) is 6.47. The molecule has 2 rings (SSSR count). The van der Waals surface area contributed by atoms with E-state index in [1.807, 2.05) is 12.3 Å². The molecule has 98 valence electrons. The number of nitrogens with zero attached hydrogens (tertiary/aromatic N) is 2. The summed E-state index contributed by atoms with van der Waals surface area (Å²) in [5.41, 5.74) is 2.42. The van der Waals surface area contributed by atoms with Crippen molar-refractivity contribution in [2.24, 2.45) is 5.92 Å². The van der Waals surface area contributed by atoms with Crippen molar-refractivity contribution in [1.29, 1.82) is 0 Å². The summed E-state index contributed by atoms with van der Waals surface area (Å²) in [6.45, 7) is 5.83. The Hall–Kier alpha value is -1.42. The Labute approximate surface area is 108 Å². The lowest BCUT2D eigenvalue weighted by molar-refractivity contribution is -0.143. The van der Waals surface area contributed by atoms with Gasteiger partial charge in [0, 0.05) is 25.0 Å². The molecule has 2 heterocycles. The third-order valence-electron chi connectivity index (χ3n) is 3.86. The second-order valence-electron chi connectivity index (χ2n) is 5.08. The zero-order chi connectivity index (χ0) is 13.1. The van der Waals surface area contributed by atoms with Crippen molar-refractivity contribution in [1.82, 2.24) is 9.88 Å². The van der Waals surface area contributed by atoms with Gasteiger partial charge in [0.25, 0.3) is 0 Å². The highest BCUT2D eigenvalue weighted by molar-refractivity contribution is 5.70. The van der Waals surface area contributed by atoms with Crippen molar-refractivity contribution < 1.29 is 9.90 Å². The number of hydrogen-bond acceptors (Lipinski definition) is 3. The lowest BCUT2D eigenvalue weighted by atomic mass is 9.94. The Balaban J connectivity index is 2.11. The zero-order valence-corrected chi connectivity index (χ0v) is 11.0. The fourth-order valence-electron chi connectivity index (χ4n) is 2.71. The summed E-state index contributed by atoms with van der Waals surface area (Å²) in [6.07, 6.45) is 5.43. The highest BCUT2D eigenvalue weighted by Gasteiger charge is 2.28. The number of likely N-dealkylation sites (tertiary alicyclic amines) is 1. The number of aliphatic carboxylic acids is 1. The van der Waals surface area contributed by atoms with E-state index in [2.05, 4.69) is 23.7 Å². The molecule has 0 radical (unpaired) electrons. The lowest BCUT2D eigenvalue weighted by Gasteiger charge is -2.36. The van der Waals surface area contributed by atoms with Crippen molar-refractivity contribution in [3.63, 3.8) is 0 Å². The molecular weight excluding hydrogens is 228 g/mol. The molecule has 0 bridgehead atoms. The molecule has 0 spiro atoms. The summed E-state index contributed by atoms with van der Waals surface area (Å²) >= 11 is 0. The number of carboxylic acids is 1. The molecule has 4 nitrogen and oxygen atoms in total. The fraction of sp³-hybridized carbons (Fsp3) is 0.571. The smallest absolute Gasteiger partial charge is 0.307 e. The Morgan fingerprint density at radius 2 is 2.39 bits per heavy atom. The number of carbonyl (C=O) groups is 1. The van der Waals surface area contributed by atoms with Crippen LogP contribution in [0.2, 0.25) is 0 Å². The molecule has 1 saturated heterocycles. The number of aryl methyl sites for hydroxylation is 1. The summed E-state index contributed by atoms with van der Waals surface area (Å²) in [7, 11) is 0. The summed E-state index contributed by atoms with van der Waals surface area (Å²) in [5, 5.41) is 9.13. The van der Waals surface area contributed by atoms with Gasteiger partial charge in [-0.3, -0.25) is 14.7 Å². The monoisotopic (exact) mass is 248 g/mol. The SMILES string of the molecule is Cc1cnccc1C(C)N1CCCC(C(=O)O)C1. The predicted octanol–water partition coefficient (Wildman–Crippen LogP) is 2.25. The molecule has 0 saturated carbocycles. The largest absolute Gasteiger partial charge is 0.481 e. The summed E-state index contributed by atoms with van der Waals surface area (Å²) in [5.74, 6) is -0.887. The van der Waals surface area contributed by atoms with E-state index in [0.717, 1.165) is 19.4 Å². The number of rotatable bonds is 3. The molecule has 0 aromatic carbocycles. The van der Waals surface area contributed by atoms with Gasteiger partial charge in [0.2, 0.25) is 0 Å². The van der Waals surface area contributed by atoms with E-state index in [1.54, 1.807) is 6.20 Å². The highest BCUT2D eigenvalue weighted by atomic mass is 16.4. The minimum absolute atomic E-state index is 0.219. The molecule has 1 aromatic heterocycles. The van der Waals surface area contributed by atoms with Crippen molar-refractivity contribution in [2.45, 2.75) is 32.7 Å². The Morgan fingerprint density at radius 3 is 3.06 bits per heavy atom. The van der Waals surface area contributed by atoms with E-state index in [1.165, 1.54) is 11.1 Å². The van der Waals surface area contributed by atoms with Crippen LogP contribution in [0.4, 0.5) is 0 Å². The number of aromatic nitrogens is 1. The van der Waals surface area contributed by atoms with Crippen LogP contribution < -0.4 is 0 Å². The van der Waals surface area contributed by atoms with Crippen LogP contribution in [0.15, 0.2) is 18.5 Å². The highest BCUT2D eigenvalue weighted by Crippen LogP contribution is 2.27. The van der Waals surface area contributed by atoms with Crippen LogP contribution in [0.25, 0.3) is 0 Å². The van der Waals surface area contributed by atoms with Gasteiger partial charge in [-0.05, 0) is 50.4 Å². The number of carboxylic acid groups (broad SMARTS) is 1. The van der Waals surface area contributed by atoms with Crippen molar-refractivity contribution in [3.8, 4) is 0 Å². The quantitative estimate of drug-likeness (QED) is 0.891. The van der Waals surface area contributed by atoms with Crippen molar-refractivity contribution >= 4 is 5.97 Å². The molecule has 2 atom stereocenters. The number of hydrogen-bond donors (Lipinski definition) is 1. The average molecular weight is 248 g/mol. The van der Waals surface area contributed by atoms with Crippen LogP contribution in [0.5, 0.6) is 0 Å². The standard InChI is InChI=1S/C14H20N2O2/c1-10-8-15-6-5-13(10)11(2)16-7-3-4-12(9-16)14(17)18/h5-6,8,11-12H,3-4,7,9H2,1-2H3,(H,17,18). The first-order chi connectivity index (χ1) is 8.59.